The first-order chi connectivity index (χ1) is 6.79. The number of hydrogen-bond donors (Lipinski definition) is 1. The van der Waals surface area contributed by atoms with Gasteiger partial charge in [0.25, 0.3) is 0 Å². The third-order valence-corrected chi connectivity index (χ3v) is 2.66. The molecule has 76 valence electrons. The van der Waals surface area contributed by atoms with E-state index in [9.17, 15) is 0 Å². The molecule has 1 aromatic rings. The minimum Gasteiger partial charge on any atom is -0.313 e. The van der Waals surface area contributed by atoms with Gasteiger partial charge in [-0.05, 0) is 31.5 Å². The molecule has 2 heterocycles. The van der Waals surface area contributed by atoms with Crippen LogP contribution in [0.4, 0.5) is 0 Å². The first-order valence-electron chi connectivity index (χ1n) is 5.22. The topological polar surface area (TPSA) is 29.9 Å². The molecule has 3 nitrogen and oxygen atoms in total. The van der Waals surface area contributed by atoms with E-state index in [1.165, 1.54) is 23.4 Å². The number of nitrogens with one attached hydrogen (secondary N) is 1. The lowest BCUT2D eigenvalue weighted by molar-refractivity contribution is 0.739. The average Bonchev–Trinajstić information content (AvgIpc) is 2.78. The highest BCUT2D eigenvalue weighted by molar-refractivity contribution is 5.51. The fraction of sp³-hybridized carbons (Fsp3) is 0.545. The fourth-order valence-electron chi connectivity index (χ4n) is 1.77. The molecule has 1 fully saturated rings. The van der Waals surface area contributed by atoms with E-state index in [2.05, 4.69) is 29.5 Å². The Morgan fingerprint density at radius 1 is 1.64 bits per heavy atom. The molecule has 3 heteroatoms. The van der Waals surface area contributed by atoms with Gasteiger partial charge in [0.05, 0.1) is 11.4 Å². The fourth-order valence-corrected chi connectivity index (χ4v) is 1.77. The number of aryl methyl sites for hydroxylation is 2. The van der Waals surface area contributed by atoms with Crippen molar-refractivity contribution in [3.63, 3.8) is 0 Å². The van der Waals surface area contributed by atoms with Gasteiger partial charge < -0.3 is 5.32 Å². The molecule has 0 aliphatic carbocycles. The Balaban J connectivity index is 2.22. The highest BCUT2D eigenvalue weighted by Gasteiger charge is 2.07. The van der Waals surface area contributed by atoms with Crippen molar-refractivity contribution in [3.8, 4) is 0 Å². The second kappa shape index (κ2) is 3.96. The standard InChI is InChI=1S/C11H17N3/c1-3-10-7-11(14(2)13-10)6-9-4-5-12-8-9/h6-7,12H,3-5,8H2,1-2H3. The van der Waals surface area contributed by atoms with Gasteiger partial charge in [0.2, 0.25) is 0 Å². The Morgan fingerprint density at radius 2 is 2.50 bits per heavy atom. The van der Waals surface area contributed by atoms with Gasteiger partial charge in [-0.15, -0.1) is 0 Å². The zero-order valence-electron chi connectivity index (χ0n) is 8.88. The first kappa shape index (κ1) is 9.46. The molecule has 0 radical (unpaired) electrons. The maximum absolute atomic E-state index is 4.42. The summed E-state index contributed by atoms with van der Waals surface area (Å²) in [5.41, 5.74) is 3.88. The quantitative estimate of drug-likeness (QED) is 0.765. The van der Waals surface area contributed by atoms with Crippen LogP contribution in [0.5, 0.6) is 0 Å². The summed E-state index contributed by atoms with van der Waals surface area (Å²) in [5.74, 6) is 0. The summed E-state index contributed by atoms with van der Waals surface area (Å²) in [6.07, 6.45) is 4.44. The predicted molar refractivity (Wildman–Crippen MR) is 58.0 cm³/mol. The lowest BCUT2D eigenvalue weighted by atomic mass is 10.2. The van der Waals surface area contributed by atoms with Crippen LogP contribution >= 0.6 is 0 Å². The van der Waals surface area contributed by atoms with E-state index in [4.69, 9.17) is 0 Å². The monoisotopic (exact) mass is 191 g/mol. The van der Waals surface area contributed by atoms with Crippen molar-refractivity contribution in [1.29, 1.82) is 0 Å². The smallest absolute Gasteiger partial charge is 0.0628 e. The molecule has 2 rings (SSSR count). The molecule has 0 atom stereocenters. The largest absolute Gasteiger partial charge is 0.313 e. The third-order valence-electron chi connectivity index (χ3n) is 2.66. The maximum Gasteiger partial charge on any atom is 0.0628 e. The van der Waals surface area contributed by atoms with Crippen LogP contribution in [0.2, 0.25) is 0 Å². The lowest BCUT2D eigenvalue weighted by Gasteiger charge is -1.96. The van der Waals surface area contributed by atoms with E-state index in [1.807, 2.05) is 11.7 Å². The summed E-state index contributed by atoms with van der Waals surface area (Å²) in [6.45, 7) is 4.29. The van der Waals surface area contributed by atoms with Crippen molar-refractivity contribution in [2.75, 3.05) is 13.1 Å². The van der Waals surface area contributed by atoms with Crippen LogP contribution < -0.4 is 5.32 Å². The maximum atomic E-state index is 4.42. The molecule has 1 aliphatic heterocycles. The number of nitrogens with zero attached hydrogens (tertiary/aromatic N) is 2. The van der Waals surface area contributed by atoms with Crippen LogP contribution in [0, 0.1) is 0 Å². The number of hydrogen-bond acceptors (Lipinski definition) is 2. The SMILES string of the molecule is CCc1cc(C=C2CCNC2)n(C)n1. The van der Waals surface area contributed by atoms with E-state index in [1.54, 1.807) is 0 Å². The molecule has 0 amide bonds. The zero-order valence-corrected chi connectivity index (χ0v) is 8.88. The molecule has 14 heavy (non-hydrogen) atoms. The van der Waals surface area contributed by atoms with E-state index in [0.717, 1.165) is 19.5 Å². The van der Waals surface area contributed by atoms with Crippen LogP contribution in [-0.4, -0.2) is 22.9 Å². The summed E-state index contributed by atoms with van der Waals surface area (Å²) in [7, 11) is 2.01. The van der Waals surface area contributed by atoms with Gasteiger partial charge in [-0.1, -0.05) is 12.5 Å². The summed E-state index contributed by atoms with van der Waals surface area (Å²) < 4.78 is 1.96. The molecule has 0 spiro atoms. The first-order valence-corrected chi connectivity index (χ1v) is 5.22. The molecular formula is C11H17N3. The molecular weight excluding hydrogens is 174 g/mol. The summed E-state index contributed by atoms with van der Waals surface area (Å²) in [5, 5.41) is 7.76. The number of aromatic nitrogens is 2. The Morgan fingerprint density at radius 3 is 3.07 bits per heavy atom. The summed E-state index contributed by atoms with van der Waals surface area (Å²) >= 11 is 0. The highest BCUT2D eigenvalue weighted by Crippen LogP contribution is 2.13. The third kappa shape index (κ3) is 1.87. The predicted octanol–water partition coefficient (Wildman–Crippen LogP) is 1.36. The molecule has 1 aliphatic rings. The van der Waals surface area contributed by atoms with Gasteiger partial charge in [0.1, 0.15) is 0 Å². The zero-order chi connectivity index (χ0) is 9.97. The van der Waals surface area contributed by atoms with Crippen LogP contribution in [0.25, 0.3) is 6.08 Å². The van der Waals surface area contributed by atoms with Crippen molar-refractivity contribution >= 4 is 6.08 Å². The van der Waals surface area contributed by atoms with E-state index >= 15 is 0 Å². The molecule has 1 aromatic heterocycles. The van der Waals surface area contributed by atoms with Crippen molar-refractivity contribution in [3.05, 3.63) is 23.0 Å². The van der Waals surface area contributed by atoms with Gasteiger partial charge >= 0.3 is 0 Å². The van der Waals surface area contributed by atoms with Crippen LogP contribution in [-0.2, 0) is 13.5 Å². The molecule has 0 bridgehead atoms. The van der Waals surface area contributed by atoms with E-state index in [-0.39, 0.29) is 0 Å². The molecule has 0 aromatic carbocycles. The molecule has 1 saturated heterocycles. The Bertz CT molecular complexity index is 341. The number of rotatable bonds is 2. The highest BCUT2D eigenvalue weighted by atomic mass is 15.3. The minimum atomic E-state index is 1.01. The van der Waals surface area contributed by atoms with Crippen LogP contribution in [0.1, 0.15) is 24.7 Å². The Labute approximate surface area is 84.8 Å². The van der Waals surface area contributed by atoms with Crippen molar-refractivity contribution in [2.45, 2.75) is 19.8 Å². The van der Waals surface area contributed by atoms with Crippen molar-refractivity contribution in [2.24, 2.45) is 7.05 Å². The van der Waals surface area contributed by atoms with Crippen molar-refractivity contribution < 1.29 is 0 Å². The van der Waals surface area contributed by atoms with Gasteiger partial charge in [-0.2, -0.15) is 5.10 Å². The second-order valence-electron chi connectivity index (χ2n) is 3.77. The Kier molecular flexibility index (Phi) is 2.68. The minimum absolute atomic E-state index is 1.01. The molecule has 0 saturated carbocycles. The van der Waals surface area contributed by atoms with Gasteiger partial charge in [-0.25, -0.2) is 0 Å². The Hall–Kier alpha value is -1.09. The van der Waals surface area contributed by atoms with E-state index < -0.39 is 0 Å². The second-order valence-corrected chi connectivity index (χ2v) is 3.77. The lowest BCUT2D eigenvalue weighted by Crippen LogP contribution is -2.04. The van der Waals surface area contributed by atoms with Gasteiger partial charge in [-0.3, -0.25) is 4.68 Å². The van der Waals surface area contributed by atoms with Crippen LogP contribution in [0.15, 0.2) is 11.6 Å². The average molecular weight is 191 g/mol. The van der Waals surface area contributed by atoms with Crippen molar-refractivity contribution in [1.82, 2.24) is 15.1 Å². The summed E-state index contributed by atoms with van der Waals surface area (Å²) in [4.78, 5) is 0. The van der Waals surface area contributed by atoms with Crippen LogP contribution in [0.3, 0.4) is 0 Å². The molecule has 0 unspecified atom stereocenters. The van der Waals surface area contributed by atoms with Gasteiger partial charge in [0, 0.05) is 13.6 Å². The summed E-state index contributed by atoms with van der Waals surface area (Å²) in [6, 6.07) is 2.17. The molecule has 1 N–H and O–H groups in total. The van der Waals surface area contributed by atoms with E-state index in [0.29, 0.717) is 0 Å². The van der Waals surface area contributed by atoms with Gasteiger partial charge in [0.15, 0.2) is 0 Å². The normalized spacial score (nSPS) is 19.4.